The van der Waals surface area contributed by atoms with Gasteiger partial charge in [-0.2, -0.15) is 0 Å². The summed E-state index contributed by atoms with van der Waals surface area (Å²) in [5, 5.41) is 6.05. The van der Waals surface area contributed by atoms with E-state index in [0.29, 0.717) is 16.8 Å². The maximum absolute atomic E-state index is 12.4. The number of hydrogen-bond donors (Lipinski definition) is 4. The first kappa shape index (κ1) is 20.0. The van der Waals surface area contributed by atoms with Crippen LogP contribution in [0.2, 0.25) is 0 Å². The Kier molecular flexibility index (Phi) is 6.55. The van der Waals surface area contributed by atoms with E-state index >= 15 is 0 Å². The molecule has 0 aliphatic carbocycles. The van der Waals surface area contributed by atoms with E-state index in [9.17, 15) is 9.59 Å². The molecule has 0 aliphatic rings. The Morgan fingerprint density at radius 3 is 2.00 bits per heavy atom. The molecule has 0 heterocycles. The molecule has 0 unspecified atom stereocenters. The van der Waals surface area contributed by atoms with Crippen LogP contribution >= 0.6 is 12.2 Å². The number of hydrazine groups is 1. The van der Waals surface area contributed by atoms with Crippen LogP contribution in [-0.2, 0) is 0 Å². The van der Waals surface area contributed by atoms with Crippen LogP contribution in [0, 0.1) is 6.92 Å². The van der Waals surface area contributed by atoms with Crippen LogP contribution in [-0.4, -0.2) is 16.9 Å². The average molecular weight is 404 g/mol. The summed E-state index contributed by atoms with van der Waals surface area (Å²) in [6.07, 6.45) is 0. The van der Waals surface area contributed by atoms with Crippen molar-refractivity contribution in [2.45, 2.75) is 6.92 Å². The molecule has 0 aromatic heterocycles. The first-order valence-corrected chi connectivity index (χ1v) is 9.33. The van der Waals surface area contributed by atoms with Crippen LogP contribution in [0.3, 0.4) is 0 Å². The van der Waals surface area contributed by atoms with E-state index < -0.39 is 0 Å². The molecule has 7 heteroatoms. The molecule has 6 nitrogen and oxygen atoms in total. The number of thiocarbonyl (C=S) groups is 1. The van der Waals surface area contributed by atoms with Crippen LogP contribution < -0.4 is 21.5 Å². The zero-order valence-electron chi connectivity index (χ0n) is 15.7. The monoisotopic (exact) mass is 404 g/mol. The third-order valence-electron chi connectivity index (χ3n) is 4.12. The first-order chi connectivity index (χ1) is 14.0. The van der Waals surface area contributed by atoms with Crippen molar-refractivity contribution in [1.82, 2.24) is 10.9 Å². The molecule has 3 rings (SSSR count). The molecule has 0 bridgehead atoms. The van der Waals surface area contributed by atoms with Crippen LogP contribution in [0.4, 0.5) is 11.4 Å². The van der Waals surface area contributed by atoms with Crippen molar-refractivity contribution in [2.24, 2.45) is 0 Å². The summed E-state index contributed by atoms with van der Waals surface area (Å²) < 4.78 is 0. The molecule has 0 spiro atoms. The highest BCUT2D eigenvalue weighted by Gasteiger charge is 2.10. The molecular formula is C22H20N4O2S. The molecule has 0 radical (unpaired) electrons. The molecule has 4 N–H and O–H groups in total. The highest BCUT2D eigenvalue weighted by atomic mass is 32.1. The molecule has 3 aromatic rings. The standard InChI is InChI=1S/C22H20N4O2S/c1-15-7-5-6-10-19(15)21(28)23-18-13-11-16(12-14-18)20(27)25-26-22(29)24-17-8-3-2-4-9-17/h2-14H,1H3,(H,23,28)(H,25,27)(H2,24,26,29). The van der Waals surface area contributed by atoms with Gasteiger partial charge in [-0.1, -0.05) is 36.4 Å². The fourth-order valence-electron chi connectivity index (χ4n) is 2.60. The summed E-state index contributed by atoms with van der Waals surface area (Å²) in [4.78, 5) is 24.6. The second-order valence-electron chi connectivity index (χ2n) is 6.25. The highest BCUT2D eigenvalue weighted by Crippen LogP contribution is 2.13. The predicted molar refractivity (Wildman–Crippen MR) is 119 cm³/mol. The maximum Gasteiger partial charge on any atom is 0.269 e. The highest BCUT2D eigenvalue weighted by molar-refractivity contribution is 7.80. The molecule has 3 aromatic carbocycles. The van der Waals surface area contributed by atoms with Gasteiger partial charge in [-0.3, -0.25) is 20.4 Å². The van der Waals surface area contributed by atoms with Gasteiger partial charge in [0.2, 0.25) is 0 Å². The summed E-state index contributed by atoms with van der Waals surface area (Å²) in [5.74, 6) is -0.543. The first-order valence-electron chi connectivity index (χ1n) is 8.92. The lowest BCUT2D eigenvalue weighted by molar-refractivity contribution is 0.0943. The number of carbonyl (C=O) groups is 2. The van der Waals surface area contributed by atoms with Gasteiger partial charge in [-0.25, -0.2) is 0 Å². The van der Waals surface area contributed by atoms with E-state index in [-0.39, 0.29) is 16.9 Å². The van der Waals surface area contributed by atoms with E-state index in [1.807, 2.05) is 55.5 Å². The second kappa shape index (κ2) is 9.48. The van der Waals surface area contributed by atoms with Crippen LogP contribution in [0.15, 0.2) is 78.9 Å². The van der Waals surface area contributed by atoms with Gasteiger partial charge in [0.05, 0.1) is 0 Å². The number of benzene rings is 3. The largest absolute Gasteiger partial charge is 0.331 e. The van der Waals surface area contributed by atoms with Crippen LogP contribution in [0.1, 0.15) is 26.3 Å². The van der Waals surface area contributed by atoms with Gasteiger partial charge in [0, 0.05) is 22.5 Å². The Hall–Kier alpha value is -3.71. The number of nitrogens with one attached hydrogen (secondary N) is 4. The Bertz CT molecular complexity index is 1020. The van der Waals surface area contributed by atoms with Gasteiger partial charge in [0.15, 0.2) is 5.11 Å². The second-order valence-corrected chi connectivity index (χ2v) is 6.65. The third-order valence-corrected chi connectivity index (χ3v) is 4.32. The average Bonchev–Trinajstić information content (AvgIpc) is 2.73. The SMILES string of the molecule is Cc1ccccc1C(=O)Nc1ccc(C(=O)NNC(=S)Nc2ccccc2)cc1. The van der Waals surface area contributed by atoms with Gasteiger partial charge in [-0.05, 0) is 67.2 Å². The van der Waals surface area contributed by atoms with Crippen LogP contribution in [0.5, 0.6) is 0 Å². The minimum Gasteiger partial charge on any atom is -0.331 e. The summed E-state index contributed by atoms with van der Waals surface area (Å²) in [7, 11) is 0. The minimum atomic E-state index is -0.348. The summed E-state index contributed by atoms with van der Waals surface area (Å²) in [5.41, 5.74) is 8.53. The number of aryl methyl sites for hydroxylation is 1. The fraction of sp³-hybridized carbons (Fsp3) is 0.0455. The van der Waals surface area contributed by atoms with E-state index in [0.717, 1.165) is 11.3 Å². The van der Waals surface area contributed by atoms with Gasteiger partial charge in [0.25, 0.3) is 11.8 Å². The van der Waals surface area contributed by atoms with Gasteiger partial charge < -0.3 is 10.6 Å². The van der Waals surface area contributed by atoms with E-state index in [1.165, 1.54) is 0 Å². The Labute approximate surface area is 174 Å². The number of amides is 2. The summed E-state index contributed by atoms with van der Waals surface area (Å²) >= 11 is 5.15. The molecule has 0 atom stereocenters. The minimum absolute atomic E-state index is 0.195. The number of anilines is 2. The number of carbonyl (C=O) groups excluding carboxylic acids is 2. The summed E-state index contributed by atoms with van der Waals surface area (Å²) in [6, 6.07) is 23.3. The Morgan fingerprint density at radius 2 is 1.31 bits per heavy atom. The molecule has 0 aliphatic heterocycles. The third kappa shape index (κ3) is 5.63. The lowest BCUT2D eigenvalue weighted by atomic mass is 10.1. The van der Waals surface area contributed by atoms with Crippen molar-refractivity contribution in [3.05, 3.63) is 95.6 Å². The van der Waals surface area contributed by atoms with Gasteiger partial charge in [0.1, 0.15) is 0 Å². The molecule has 0 fully saturated rings. The van der Waals surface area contributed by atoms with Crippen molar-refractivity contribution in [2.75, 3.05) is 10.6 Å². The van der Waals surface area contributed by atoms with Gasteiger partial charge >= 0.3 is 0 Å². The topological polar surface area (TPSA) is 82.3 Å². The number of hydrogen-bond acceptors (Lipinski definition) is 3. The number of rotatable bonds is 4. The molecule has 0 saturated heterocycles. The lowest BCUT2D eigenvalue weighted by Crippen LogP contribution is -2.43. The van der Waals surface area contributed by atoms with Crippen molar-refractivity contribution in [1.29, 1.82) is 0 Å². The van der Waals surface area contributed by atoms with E-state index in [1.54, 1.807) is 30.3 Å². The van der Waals surface area contributed by atoms with Gasteiger partial charge in [-0.15, -0.1) is 0 Å². The van der Waals surface area contributed by atoms with Crippen molar-refractivity contribution in [3.63, 3.8) is 0 Å². The molecule has 2 amide bonds. The molecule has 0 saturated carbocycles. The molecule has 146 valence electrons. The molecule has 29 heavy (non-hydrogen) atoms. The van der Waals surface area contributed by atoms with Crippen molar-refractivity contribution < 1.29 is 9.59 Å². The maximum atomic E-state index is 12.4. The zero-order chi connectivity index (χ0) is 20.6. The van der Waals surface area contributed by atoms with Crippen molar-refractivity contribution in [3.8, 4) is 0 Å². The van der Waals surface area contributed by atoms with E-state index in [2.05, 4.69) is 21.5 Å². The van der Waals surface area contributed by atoms with E-state index in [4.69, 9.17) is 12.2 Å². The quantitative estimate of drug-likeness (QED) is 0.392. The smallest absolute Gasteiger partial charge is 0.269 e. The molecular weight excluding hydrogens is 384 g/mol. The summed E-state index contributed by atoms with van der Waals surface area (Å²) in [6.45, 7) is 1.88. The predicted octanol–water partition coefficient (Wildman–Crippen LogP) is 3.88. The normalized spacial score (nSPS) is 9.97. The van der Waals surface area contributed by atoms with Crippen LogP contribution in [0.25, 0.3) is 0 Å². The Balaban J connectivity index is 1.53. The Morgan fingerprint density at radius 1 is 0.690 bits per heavy atom. The fourth-order valence-corrected chi connectivity index (χ4v) is 2.77. The van der Waals surface area contributed by atoms with Crippen molar-refractivity contribution >= 4 is 40.5 Å². The zero-order valence-corrected chi connectivity index (χ0v) is 16.5. The number of para-hydroxylation sites is 1. The lowest BCUT2D eigenvalue weighted by Gasteiger charge is -2.12.